The number of hydrazine groups is 1. The lowest BCUT2D eigenvalue weighted by Crippen LogP contribution is -2.37. The summed E-state index contributed by atoms with van der Waals surface area (Å²) in [5.74, 6) is 5.42. The van der Waals surface area contributed by atoms with Crippen LogP contribution in [0.1, 0.15) is 50.5 Å². The van der Waals surface area contributed by atoms with E-state index in [9.17, 15) is 24.1 Å². The average molecular weight is 1030 g/mol. The molecule has 4 amide bonds. The first-order valence-corrected chi connectivity index (χ1v) is 26.2. The number of benzene rings is 2. The SMILES string of the molecule is COP(O)OCCCCCCSC1CC(=O)N(CCC(=O)NCCC(=O)N2Cc3ccccc3-c3c(nnn3CCOCCOCCOCCOCCOCCN(N)/C=C(\N)CN)-c3ccccc32)C1=O. The minimum atomic E-state index is -1.81. The Balaban J connectivity index is 0.990. The van der Waals surface area contributed by atoms with E-state index in [-0.39, 0.29) is 69.1 Å². The zero-order valence-electron chi connectivity index (χ0n) is 40.7. The second kappa shape index (κ2) is 32.5. The van der Waals surface area contributed by atoms with Crippen LogP contribution in [0.15, 0.2) is 60.4 Å². The molecule has 3 aromatic rings. The van der Waals surface area contributed by atoms with Crippen LogP contribution in [0.5, 0.6) is 0 Å². The number of para-hydroxylation sites is 1. The number of carbonyl (C=O) groups excluding carboxylic acids is 4. The van der Waals surface area contributed by atoms with E-state index in [4.69, 9.17) is 50.0 Å². The number of nitrogens with zero attached hydrogens (tertiary/aromatic N) is 6. The number of thioether (sulfide) groups is 1. The van der Waals surface area contributed by atoms with Gasteiger partial charge in [0.1, 0.15) is 5.69 Å². The fourth-order valence-corrected chi connectivity index (χ4v) is 9.15. The van der Waals surface area contributed by atoms with Crippen LogP contribution < -0.4 is 27.5 Å². The summed E-state index contributed by atoms with van der Waals surface area (Å²) in [6.07, 6.45) is 5.19. The van der Waals surface area contributed by atoms with Gasteiger partial charge in [0.05, 0.1) is 109 Å². The Hall–Kier alpha value is -4.62. The monoisotopic (exact) mass is 1030 g/mol. The first-order valence-electron chi connectivity index (χ1n) is 24.0. The third kappa shape index (κ3) is 19.4. The molecule has 0 radical (unpaired) electrons. The van der Waals surface area contributed by atoms with Crippen molar-refractivity contribution in [3.63, 3.8) is 0 Å². The van der Waals surface area contributed by atoms with Gasteiger partial charge < -0.3 is 64.3 Å². The third-order valence-corrected chi connectivity index (χ3v) is 13.2. The molecule has 8 N–H and O–H groups in total. The Kier molecular flexibility index (Phi) is 26.2. The molecule has 24 heteroatoms. The minimum absolute atomic E-state index is 0.0145. The summed E-state index contributed by atoms with van der Waals surface area (Å²) >= 11 is 1.47. The molecule has 2 atom stereocenters. The normalized spacial score (nSPS) is 15.0. The molecule has 71 heavy (non-hydrogen) atoms. The van der Waals surface area contributed by atoms with Gasteiger partial charge in [-0.1, -0.05) is 60.5 Å². The minimum Gasteiger partial charge on any atom is -0.400 e. The Morgan fingerprint density at radius 1 is 0.859 bits per heavy atom. The highest BCUT2D eigenvalue weighted by atomic mass is 32.2. The molecule has 2 aliphatic heterocycles. The number of hydrogen-bond acceptors (Lipinski definition) is 19. The van der Waals surface area contributed by atoms with Crippen molar-refractivity contribution in [3.8, 4) is 22.5 Å². The van der Waals surface area contributed by atoms with Gasteiger partial charge in [0.25, 0.3) is 0 Å². The number of unbranched alkanes of at least 4 members (excludes halogenated alkanes) is 3. The number of nitrogens with one attached hydrogen (secondary N) is 1. The van der Waals surface area contributed by atoms with Gasteiger partial charge in [-0.2, -0.15) is 0 Å². The van der Waals surface area contributed by atoms with Crippen LogP contribution >= 0.6 is 20.4 Å². The zero-order chi connectivity index (χ0) is 50.6. The average Bonchev–Trinajstić information content (AvgIpc) is 3.91. The lowest BCUT2D eigenvalue weighted by atomic mass is 9.95. The number of hydrogen-bond donors (Lipinski definition) is 5. The molecule has 0 spiro atoms. The lowest BCUT2D eigenvalue weighted by Gasteiger charge is -2.28. The summed E-state index contributed by atoms with van der Waals surface area (Å²) in [5, 5.41) is 12.9. The van der Waals surface area contributed by atoms with E-state index in [0.717, 1.165) is 53.8 Å². The first-order chi connectivity index (χ1) is 34.6. The first kappa shape index (κ1) is 57.3. The molecule has 0 aliphatic carbocycles. The molecular formula is C47H71N10O12PS. The Bertz CT molecular complexity index is 2140. The van der Waals surface area contributed by atoms with Gasteiger partial charge in [-0.25, -0.2) is 10.5 Å². The van der Waals surface area contributed by atoms with E-state index in [0.29, 0.717) is 103 Å². The number of fused-ring (bicyclic) bond motifs is 5. The predicted molar refractivity (Wildman–Crippen MR) is 269 cm³/mol. The maximum absolute atomic E-state index is 14.0. The van der Waals surface area contributed by atoms with E-state index in [2.05, 4.69) is 15.6 Å². The summed E-state index contributed by atoms with van der Waals surface area (Å²) in [4.78, 5) is 64.9. The zero-order valence-corrected chi connectivity index (χ0v) is 42.4. The van der Waals surface area contributed by atoms with E-state index < -0.39 is 13.9 Å². The Labute approximate surface area is 421 Å². The van der Waals surface area contributed by atoms with Crippen molar-refractivity contribution in [2.75, 3.05) is 117 Å². The van der Waals surface area contributed by atoms with Crippen molar-refractivity contribution in [1.82, 2.24) is 30.2 Å². The highest BCUT2D eigenvalue weighted by molar-refractivity contribution is 8.00. The molecule has 0 saturated carbocycles. The molecular weight excluding hydrogens is 960 g/mol. The predicted octanol–water partition coefficient (Wildman–Crippen LogP) is 2.68. The number of amides is 4. The number of ether oxygens (including phenoxy) is 5. The molecule has 1 aromatic heterocycles. The second-order valence-corrected chi connectivity index (χ2v) is 18.7. The number of aromatic nitrogens is 3. The maximum atomic E-state index is 14.0. The van der Waals surface area contributed by atoms with Crippen LogP contribution in [0, 0.1) is 0 Å². The number of nitrogens with two attached hydrogens (primary N) is 3. The van der Waals surface area contributed by atoms with Gasteiger partial charge in [-0.05, 0) is 30.2 Å². The molecule has 2 unspecified atom stereocenters. The van der Waals surface area contributed by atoms with E-state index in [1.807, 2.05) is 53.2 Å². The fourth-order valence-electron chi connectivity index (χ4n) is 7.57. The number of likely N-dealkylation sites (tertiary alicyclic amines) is 1. The lowest BCUT2D eigenvalue weighted by molar-refractivity contribution is -0.138. The molecule has 1 fully saturated rings. The summed E-state index contributed by atoms with van der Waals surface area (Å²) in [7, 11) is -0.415. The van der Waals surface area contributed by atoms with Crippen molar-refractivity contribution in [1.29, 1.82) is 0 Å². The molecule has 5 rings (SSSR count). The van der Waals surface area contributed by atoms with Gasteiger partial charge in [-0.15, -0.1) is 16.9 Å². The summed E-state index contributed by atoms with van der Waals surface area (Å²) < 4.78 is 39.8. The molecule has 2 aromatic carbocycles. The van der Waals surface area contributed by atoms with Crippen LogP contribution in [0.4, 0.5) is 5.69 Å². The van der Waals surface area contributed by atoms with Crippen LogP contribution in [-0.4, -0.2) is 170 Å². The second-order valence-electron chi connectivity index (χ2n) is 16.3. The van der Waals surface area contributed by atoms with E-state index in [1.54, 1.807) is 11.1 Å². The molecule has 2 aliphatic rings. The van der Waals surface area contributed by atoms with Gasteiger partial charge in [-0.3, -0.25) is 24.1 Å². The maximum Gasteiger partial charge on any atom is 0.329 e. The number of imide groups is 1. The van der Waals surface area contributed by atoms with Crippen LogP contribution in [0.3, 0.4) is 0 Å². The standard InChI is InChI=1S/C47H71N10O12PS/c1-63-70(62)69-20-8-2-3-9-31-71-41-32-44(60)55(47(41)61)17-15-42(58)51-16-14-43(59)56-34-36-10-4-5-11-38(36)46-45(39-12-6-7-13-40(39)56)52-53-57(46)19-22-65-24-26-67-28-30-68-29-27-66-25-23-64-21-18-54(50)35-37(49)33-48/h4-7,10-13,35,41,62H,2-3,8-9,14-34,48-50H2,1H3,(H,51,58)/b37-35-. The quantitative estimate of drug-likeness (QED) is 0.0184. The van der Waals surface area contributed by atoms with Gasteiger partial charge >= 0.3 is 8.60 Å². The van der Waals surface area contributed by atoms with E-state index in [1.165, 1.54) is 28.8 Å². The number of anilines is 1. The van der Waals surface area contributed by atoms with Crippen LogP contribution in [0.2, 0.25) is 0 Å². The van der Waals surface area contributed by atoms with E-state index >= 15 is 0 Å². The topological polar surface area (TPSA) is 284 Å². The molecule has 1 saturated heterocycles. The third-order valence-electron chi connectivity index (χ3n) is 11.2. The Morgan fingerprint density at radius 3 is 2.21 bits per heavy atom. The summed E-state index contributed by atoms with van der Waals surface area (Å²) in [6, 6.07) is 15.4. The highest BCUT2D eigenvalue weighted by Gasteiger charge is 2.38. The van der Waals surface area contributed by atoms with Crippen LogP contribution in [-0.2, 0) is 65.0 Å². The highest BCUT2D eigenvalue weighted by Crippen LogP contribution is 2.41. The fraction of sp³-hybridized carbons (Fsp3) is 0.574. The van der Waals surface area contributed by atoms with Crippen LogP contribution in [0.25, 0.3) is 22.5 Å². The number of carbonyl (C=O) groups is 4. The van der Waals surface area contributed by atoms with Crippen molar-refractivity contribution in [2.24, 2.45) is 17.3 Å². The molecule has 392 valence electrons. The summed E-state index contributed by atoms with van der Waals surface area (Å²) in [5.41, 5.74) is 16.2. The van der Waals surface area contributed by atoms with Gasteiger partial charge in [0.2, 0.25) is 23.6 Å². The van der Waals surface area contributed by atoms with Gasteiger partial charge in [0.15, 0.2) is 0 Å². The van der Waals surface area contributed by atoms with Crippen molar-refractivity contribution in [2.45, 2.75) is 63.3 Å². The molecule has 22 nitrogen and oxygen atoms in total. The molecule has 0 bridgehead atoms. The summed E-state index contributed by atoms with van der Waals surface area (Å²) in [6.45, 7) is 6.11. The smallest absolute Gasteiger partial charge is 0.329 e. The Morgan fingerprint density at radius 2 is 1.51 bits per heavy atom. The van der Waals surface area contributed by atoms with Crippen molar-refractivity contribution < 1.29 is 56.8 Å². The number of rotatable bonds is 36. The van der Waals surface area contributed by atoms with Crippen molar-refractivity contribution >= 4 is 49.7 Å². The largest absolute Gasteiger partial charge is 0.400 e. The van der Waals surface area contributed by atoms with Crippen molar-refractivity contribution in [3.05, 3.63) is 66.0 Å². The van der Waals surface area contributed by atoms with Gasteiger partial charge in [0, 0.05) is 69.0 Å². The molecule has 3 heterocycles.